The minimum Gasteiger partial charge on any atom is -0.392 e. The van der Waals surface area contributed by atoms with Crippen LogP contribution < -0.4 is 5.32 Å². The monoisotopic (exact) mass is 325 g/mol. The van der Waals surface area contributed by atoms with Crippen molar-refractivity contribution in [2.24, 2.45) is 0 Å². The fraction of sp³-hybridized carbons (Fsp3) is 0.400. The molecule has 0 amide bonds. The average Bonchev–Trinajstić information content (AvgIpc) is 2.16. The Kier molecular flexibility index (Phi) is 4.98. The first kappa shape index (κ1) is 12.1. The van der Waals surface area contributed by atoms with Gasteiger partial charge in [0.2, 0.25) is 0 Å². The van der Waals surface area contributed by atoms with Gasteiger partial charge >= 0.3 is 0 Å². The van der Waals surface area contributed by atoms with Crippen molar-refractivity contribution in [3.63, 3.8) is 0 Å². The van der Waals surface area contributed by atoms with Gasteiger partial charge in [-0.15, -0.1) is 0 Å². The summed E-state index contributed by atoms with van der Waals surface area (Å²) in [6, 6.07) is 5.59. The topological polar surface area (TPSA) is 32.3 Å². The molecule has 0 radical (unpaired) electrons. The number of benzene rings is 1. The van der Waals surface area contributed by atoms with E-state index in [1.807, 2.05) is 12.1 Å². The highest BCUT2D eigenvalue weighted by molar-refractivity contribution is 14.1. The molecule has 0 spiro atoms. The van der Waals surface area contributed by atoms with E-state index in [2.05, 4.69) is 34.8 Å². The van der Waals surface area contributed by atoms with Gasteiger partial charge in [-0.1, -0.05) is 41.1 Å². The maximum Gasteiger partial charge on any atom is 0.0697 e. The van der Waals surface area contributed by atoms with Crippen molar-refractivity contribution >= 4 is 39.9 Å². The number of hydrogen-bond donors (Lipinski definition) is 2. The fourth-order valence-electron chi connectivity index (χ4n) is 1.06. The molecule has 1 aromatic carbocycles. The van der Waals surface area contributed by atoms with Gasteiger partial charge in [0.05, 0.1) is 6.61 Å². The van der Waals surface area contributed by atoms with Crippen molar-refractivity contribution in [1.29, 1.82) is 0 Å². The third kappa shape index (κ3) is 3.63. The maximum atomic E-state index is 9.01. The van der Waals surface area contributed by atoms with Crippen LogP contribution in [0.1, 0.15) is 12.5 Å². The predicted molar refractivity (Wildman–Crippen MR) is 69.3 cm³/mol. The number of aliphatic hydroxyl groups excluding tert-OH is 1. The van der Waals surface area contributed by atoms with Gasteiger partial charge in [0.25, 0.3) is 0 Å². The van der Waals surface area contributed by atoms with E-state index in [1.54, 1.807) is 6.07 Å². The SMILES string of the molecule is CC(I)CNc1ccc(Cl)c(CO)c1. The molecule has 0 aliphatic carbocycles. The molecule has 0 aliphatic heterocycles. The summed E-state index contributed by atoms with van der Waals surface area (Å²) in [6.07, 6.45) is 0. The largest absolute Gasteiger partial charge is 0.392 e. The summed E-state index contributed by atoms with van der Waals surface area (Å²) < 4.78 is 0.570. The van der Waals surface area contributed by atoms with Gasteiger partial charge in [0, 0.05) is 21.2 Å². The minimum atomic E-state index is -0.0197. The Morgan fingerprint density at radius 3 is 2.86 bits per heavy atom. The number of alkyl halides is 1. The van der Waals surface area contributed by atoms with Gasteiger partial charge in [0.1, 0.15) is 0 Å². The Labute approximate surface area is 103 Å². The average molecular weight is 326 g/mol. The molecule has 1 atom stereocenters. The summed E-state index contributed by atoms with van der Waals surface area (Å²) in [6.45, 7) is 3.03. The quantitative estimate of drug-likeness (QED) is 0.659. The molecule has 1 rings (SSSR count). The van der Waals surface area contributed by atoms with Crippen LogP contribution in [-0.2, 0) is 6.61 Å². The van der Waals surface area contributed by atoms with E-state index in [4.69, 9.17) is 16.7 Å². The minimum absolute atomic E-state index is 0.0197. The van der Waals surface area contributed by atoms with Crippen LogP contribution in [0.5, 0.6) is 0 Å². The van der Waals surface area contributed by atoms with Crippen LogP contribution in [0.4, 0.5) is 5.69 Å². The second-order valence-electron chi connectivity index (χ2n) is 3.13. The second-order valence-corrected chi connectivity index (χ2v) is 5.66. The van der Waals surface area contributed by atoms with Crippen molar-refractivity contribution in [2.45, 2.75) is 17.5 Å². The highest BCUT2D eigenvalue weighted by Crippen LogP contribution is 2.20. The zero-order valence-electron chi connectivity index (χ0n) is 7.93. The first-order chi connectivity index (χ1) is 6.63. The lowest BCUT2D eigenvalue weighted by molar-refractivity contribution is 0.282. The van der Waals surface area contributed by atoms with E-state index >= 15 is 0 Å². The third-order valence-corrected chi connectivity index (χ3v) is 2.61. The molecule has 0 heterocycles. The molecule has 78 valence electrons. The number of rotatable bonds is 4. The lowest BCUT2D eigenvalue weighted by Gasteiger charge is -2.09. The van der Waals surface area contributed by atoms with Gasteiger partial charge < -0.3 is 10.4 Å². The standard InChI is InChI=1S/C10H13ClINO/c1-7(12)5-13-9-2-3-10(11)8(4-9)6-14/h2-4,7,13-14H,5-6H2,1H3. The zero-order chi connectivity index (χ0) is 10.6. The molecule has 2 nitrogen and oxygen atoms in total. The van der Waals surface area contributed by atoms with E-state index in [-0.39, 0.29) is 6.61 Å². The number of anilines is 1. The number of halogens is 2. The molecule has 2 N–H and O–H groups in total. The van der Waals surface area contributed by atoms with Crippen molar-refractivity contribution in [1.82, 2.24) is 0 Å². The highest BCUT2D eigenvalue weighted by Gasteiger charge is 2.01. The van der Waals surface area contributed by atoms with Crippen molar-refractivity contribution in [3.05, 3.63) is 28.8 Å². The molecule has 0 saturated carbocycles. The molecule has 0 saturated heterocycles. The van der Waals surface area contributed by atoms with Gasteiger partial charge in [-0.2, -0.15) is 0 Å². The molecule has 0 bridgehead atoms. The van der Waals surface area contributed by atoms with Crippen LogP contribution in [0.3, 0.4) is 0 Å². The number of nitrogens with one attached hydrogen (secondary N) is 1. The van der Waals surface area contributed by atoms with Gasteiger partial charge in [-0.25, -0.2) is 0 Å². The van der Waals surface area contributed by atoms with Crippen LogP contribution >= 0.6 is 34.2 Å². The Morgan fingerprint density at radius 2 is 2.29 bits per heavy atom. The van der Waals surface area contributed by atoms with E-state index in [0.29, 0.717) is 8.95 Å². The second kappa shape index (κ2) is 5.78. The van der Waals surface area contributed by atoms with Crippen molar-refractivity contribution in [3.8, 4) is 0 Å². The summed E-state index contributed by atoms with van der Waals surface area (Å²) in [7, 11) is 0. The van der Waals surface area contributed by atoms with Crippen LogP contribution in [0, 0.1) is 0 Å². The van der Waals surface area contributed by atoms with Gasteiger partial charge in [0.15, 0.2) is 0 Å². The van der Waals surface area contributed by atoms with E-state index in [1.165, 1.54) is 0 Å². The highest BCUT2D eigenvalue weighted by atomic mass is 127. The van der Waals surface area contributed by atoms with Crippen LogP contribution in [0.25, 0.3) is 0 Å². The lowest BCUT2D eigenvalue weighted by Crippen LogP contribution is -2.09. The first-order valence-corrected chi connectivity index (χ1v) is 6.03. The van der Waals surface area contributed by atoms with Gasteiger partial charge in [-0.05, 0) is 23.8 Å². The van der Waals surface area contributed by atoms with E-state index < -0.39 is 0 Å². The fourth-order valence-corrected chi connectivity index (χ4v) is 1.46. The Hall–Kier alpha value is -0.0000000000000000278. The van der Waals surface area contributed by atoms with Crippen LogP contribution in [-0.4, -0.2) is 15.6 Å². The van der Waals surface area contributed by atoms with Crippen LogP contribution in [0.2, 0.25) is 5.02 Å². The zero-order valence-corrected chi connectivity index (χ0v) is 10.8. The molecule has 4 heteroatoms. The van der Waals surface area contributed by atoms with Crippen molar-refractivity contribution < 1.29 is 5.11 Å². The summed E-state index contributed by atoms with van der Waals surface area (Å²) in [4.78, 5) is 0. The predicted octanol–water partition coefficient (Wildman–Crippen LogP) is 3.07. The molecule has 1 unspecified atom stereocenters. The smallest absolute Gasteiger partial charge is 0.0697 e. The summed E-state index contributed by atoms with van der Waals surface area (Å²) in [5.74, 6) is 0. The Morgan fingerprint density at radius 1 is 1.57 bits per heavy atom. The van der Waals surface area contributed by atoms with Crippen LogP contribution in [0.15, 0.2) is 18.2 Å². The van der Waals surface area contributed by atoms with Crippen molar-refractivity contribution in [2.75, 3.05) is 11.9 Å². The lowest BCUT2D eigenvalue weighted by atomic mass is 10.2. The summed E-state index contributed by atoms with van der Waals surface area (Å²) in [5, 5.41) is 12.9. The molecule has 0 fully saturated rings. The maximum absolute atomic E-state index is 9.01. The summed E-state index contributed by atoms with van der Waals surface area (Å²) >= 11 is 8.23. The third-order valence-electron chi connectivity index (χ3n) is 1.80. The first-order valence-electron chi connectivity index (χ1n) is 4.40. The van der Waals surface area contributed by atoms with Gasteiger partial charge in [-0.3, -0.25) is 0 Å². The van der Waals surface area contributed by atoms with E-state index in [9.17, 15) is 0 Å². The molecule has 0 aliphatic rings. The molecule has 14 heavy (non-hydrogen) atoms. The molecular formula is C10H13ClINO. The summed E-state index contributed by atoms with van der Waals surface area (Å²) in [5.41, 5.74) is 1.76. The molecular weight excluding hydrogens is 312 g/mol. The molecule has 0 aromatic heterocycles. The van der Waals surface area contributed by atoms with E-state index in [0.717, 1.165) is 17.8 Å². The number of hydrogen-bond acceptors (Lipinski definition) is 2. The normalized spacial score (nSPS) is 12.6. The Bertz CT molecular complexity index is 304. The Balaban J connectivity index is 2.69. The number of aliphatic hydroxyl groups is 1. The molecule has 1 aromatic rings.